The van der Waals surface area contributed by atoms with Gasteiger partial charge in [0.15, 0.2) is 0 Å². The van der Waals surface area contributed by atoms with Crippen LogP contribution in [0.25, 0.3) is 0 Å². The minimum Gasteiger partial charge on any atom is -0.264 e. The van der Waals surface area contributed by atoms with E-state index in [0.29, 0.717) is 6.42 Å². The van der Waals surface area contributed by atoms with Crippen LogP contribution in [0.4, 0.5) is 0 Å². The first kappa shape index (κ1) is 11.2. The van der Waals surface area contributed by atoms with Crippen molar-refractivity contribution in [3.63, 3.8) is 0 Å². The summed E-state index contributed by atoms with van der Waals surface area (Å²) >= 11 is 0. The highest BCUT2D eigenvalue weighted by Crippen LogP contribution is 2.21. The summed E-state index contributed by atoms with van der Waals surface area (Å²) in [5, 5.41) is 0. The maximum absolute atomic E-state index is 10.5. The van der Waals surface area contributed by atoms with Crippen LogP contribution in [0.15, 0.2) is 59.9 Å². The maximum Gasteiger partial charge on any atom is 0.235 e. The molecule has 1 atom stereocenters. The molecule has 0 saturated heterocycles. The van der Waals surface area contributed by atoms with Gasteiger partial charge >= 0.3 is 0 Å². The fourth-order valence-electron chi connectivity index (χ4n) is 1.72. The van der Waals surface area contributed by atoms with E-state index >= 15 is 0 Å². The molecule has 0 saturated carbocycles. The second-order valence-electron chi connectivity index (χ2n) is 3.71. The Morgan fingerprint density at radius 3 is 2.65 bits per heavy atom. The van der Waals surface area contributed by atoms with Crippen LogP contribution in [-0.2, 0) is 11.2 Å². The Balaban J connectivity index is 2.22. The summed E-state index contributed by atoms with van der Waals surface area (Å²) in [6, 6.07) is 13.4. The molecule has 0 aliphatic rings. The Morgan fingerprint density at radius 2 is 2.00 bits per heavy atom. The zero-order valence-corrected chi connectivity index (χ0v) is 9.28. The number of carbonyl (C=O) groups excluding carboxylic acids is 1. The molecule has 0 aliphatic heterocycles. The minimum atomic E-state index is -0.183. The van der Waals surface area contributed by atoms with Crippen molar-refractivity contribution >= 4 is 6.08 Å². The van der Waals surface area contributed by atoms with Crippen molar-refractivity contribution in [1.82, 2.24) is 4.98 Å². The first-order valence-corrected chi connectivity index (χ1v) is 5.41. The molecule has 0 aliphatic carbocycles. The first-order valence-electron chi connectivity index (χ1n) is 5.41. The molecule has 3 heteroatoms. The Kier molecular flexibility index (Phi) is 3.79. The molecule has 0 bridgehead atoms. The summed E-state index contributed by atoms with van der Waals surface area (Å²) < 4.78 is 0. The van der Waals surface area contributed by atoms with Gasteiger partial charge in [-0.3, -0.25) is 4.98 Å². The molecule has 0 fully saturated rings. The number of benzene rings is 1. The van der Waals surface area contributed by atoms with Crippen LogP contribution in [0.1, 0.15) is 17.2 Å². The van der Waals surface area contributed by atoms with E-state index in [1.54, 1.807) is 18.5 Å². The van der Waals surface area contributed by atoms with Gasteiger partial charge in [0.2, 0.25) is 6.08 Å². The second-order valence-corrected chi connectivity index (χ2v) is 3.71. The standard InChI is InChI=1S/C14H12N2O/c17-11-16-14(13-6-2-1-3-7-13)9-12-5-4-8-15-10-12/h1-8,10,14H,9H2. The summed E-state index contributed by atoms with van der Waals surface area (Å²) in [4.78, 5) is 18.4. The lowest BCUT2D eigenvalue weighted by atomic mass is 10.0. The fraction of sp³-hybridized carbons (Fsp3) is 0.143. The third-order valence-electron chi connectivity index (χ3n) is 2.54. The number of rotatable bonds is 4. The zero-order valence-electron chi connectivity index (χ0n) is 9.28. The number of hydrogen-bond acceptors (Lipinski definition) is 3. The van der Waals surface area contributed by atoms with Crippen LogP contribution in [0, 0.1) is 0 Å². The molecule has 3 nitrogen and oxygen atoms in total. The van der Waals surface area contributed by atoms with E-state index in [4.69, 9.17) is 0 Å². The van der Waals surface area contributed by atoms with Gasteiger partial charge in [-0.1, -0.05) is 36.4 Å². The van der Waals surface area contributed by atoms with Crippen molar-refractivity contribution in [2.75, 3.05) is 0 Å². The van der Waals surface area contributed by atoms with E-state index in [2.05, 4.69) is 9.98 Å². The SMILES string of the molecule is O=C=NC(Cc1cccnc1)c1ccccc1. The fourth-order valence-corrected chi connectivity index (χ4v) is 1.72. The lowest BCUT2D eigenvalue weighted by Gasteiger charge is -2.10. The Hall–Kier alpha value is -2.25. The molecular formula is C14H12N2O. The topological polar surface area (TPSA) is 42.3 Å². The highest BCUT2D eigenvalue weighted by atomic mass is 16.1. The van der Waals surface area contributed by atoms with E-state index in [9.17, 15) is 4.79 Å². The summed E-state index contributed by atoms with van der Waals surface area (Å²) in [6.07, 6.45) is 5.82. The van der Waals surface area contributed by atoms with Crippen LogP contribution in [0.3, 0.4) is 0 Å². The Morgan fingerprint density at radius 1 is 1.18 bits per heavy atom. The molecule has 1 unspecified atom stereocenters. The van der Waals surface area contributed by atoms with E-state index in [1.165, 1.54) is 0 Å². The largest absolute Gasteiger partial charge is 0.264 e. The van der Waals surface area contributed by atoms with Crippen molar-refractivity contribution in [2.45, 2.75) is 12.5 Å². The third kappa shape index (κ3) is 3.10. The summed E-state index contributed by atoms with van der Waals surface area (Å²) in [7, 11) is 0. The van der Waals surface area contributed by atoms with E-state index in [0.717, 1.165) is 11.1 Å². The summed E-state index contributed by atoms with van der Waals surface area (Å²) in [5.74, 6) is 0. The van der Waals surface area contributed by atoms with Gasteiger partial charge < -0.3 is 0 Å². The molecule has 0 N–H and O–H groups in total. The number of aliphatic imine (C=N–C) groups is 1. The number of isocyanates is 1. The Bertz CT molecular complexity index is 504. The minimum absolute atomic E-state index is 0.183. The molecule has 0 spiro atoms. The predicted octanol–water partition coefficient (Wildman–Crippen LogP) is 2.70. The molecule has 1 heterocycles. The zero-order chi connectivity index (χ0) is 11.9. The van der Waals surface area contributed by atoms with Crippen molar-refractivity contribution in [1.29, 1.82) is 0 Å². The third-order valence-corrected chi connectivity index (χ3v) is 2.54. The predicted molar refractivity (Wildman–Crippen MR) is 65.2 cm³/mol. The highest BCUT2D eigenvalue weighted by Gasteiger charge is 2.10. The maximum atomic E-state index is 10.5. The molecular weight excluding hydrogens is 212 g/mol. The smallest absolute Gasteiger partial charge is 0.235 e. The van der Waals surface area contributed by atoms with Gasteiger partial charge in [0.25, 0.3) is 0 Å². The molecule has 1 aromatic carbocycles. The summed E-state index contributed by atoms with van der Waals surface area (Å²) in [5.41, 5.74) is 2.07. The van der Waals surface area contributed by atoms with Crippen LogP contribution in [0.2, 0.25) is 0 Å². The van der Waals surface area contributed by atoms with Gasteiger partial charge in [0, 0.05) is 18.8 Å². The van der Waals surface area contributed by atoms with Gasteiger partial charge in [-0.2, -0.15) is 4.99 Å². The van der Waals surface area contributed by atoms with E-state index in [1.807, 2.05) is 42.5 Å². The van der Waals surface area contributed by atoms with Crippen LogP contribution in [-0.4, -0.2) is 11.1 Å². The quantitative estimate of drug-likeness (QED) is 0.592. The van der Waals surface area contributed by atoms with Crippen LogP contribution >= 0.6 is 0 Å². The molecule has 84 valence electrons. The average molecular weight is 224 g/mol. The van der Waals surface area contributed by atoms with Crippen LogP contribution < -0.4 is 0 Å². The molecule has 17 heavy (non-hydrogen) atoms. The number of hydrogen-bond donors (Lipinski definition) is 0. The lowest BCUT2D eigenvalue weighted by molar-refractivity contribution is 0.557. The molecule has 1 aromatic heterocycles. The highest BCUT2D eigenvalue weighted by molar-refractivity contribution is 5.36. The lowest BCUT2D eigenvalue weighted by Crippen LogP contribution is -2.00. The summed E-state index contributed by atoms with van der Waals surface area (Å²) in [6.45, 7) is 0. The first-order chi connectivity index (χ1) is 8.40. The van der Waals surface area contributed by atoms with Gasteiger partial charge in [-0.25, -0.2) is 4.79 Å². The normalized spacial score (nSPS) is 11.5. The monoisotopic (exact) mass is 224 g/mol. The van der Waals surface area contributed by atoms with Crippen molar-refractivity contribution in [3.05, 3.63) is 66.0 Å². The molecule has 2 rings (SSSR count). The average Bonchev–Trinajstić information content (AvgIpc) is 2.40. The number of pyridine rings is 1. The molecule has 0 amide bonds. The van der Waals surface area contributed by atoms with Crippen molar-refractivity contribution in [2.24, 2.45) is 4.99 Å². The van der Waals surface area contributed by atoms with Gasteiger partial charge in [0.1, 0.15) is 0 Å². The van der Waals surface area contributed by atoms with E-state index in [-0.39, 0.29) is 6.04 Å². The molecule has 2 aromatic rings. The number of aromatic nitrogens is 1. The van der Waals surface area contributed by atoms with Gasteiger partial charge in [-0.05, 0) is 17.2 Å². The van der Waals surface area contributed by atoms with Crippen molar-refractivity contribution in [3.8, 4) is 0 Å². The van der Waals surface area contributed by atoms with Gasteiger partial charge in [0.05, 0.1) is 6.04 Å². The Labute approximate surface area is 99.9 Å². The van der Waals surface area contributed by atoms with Crippen LogP contribution in [0.5, 0.6) is 0 Å². The van der Waals surface area contributed by atoms with Crippen molar-refractivity contribution < 1.29 is 4.79 Å². The van der Waals surface area contributed by atoms with E-state index < -0.39 is 0 Å². The number of nitrogens with zero attached hydrogens (tertiary/aromatic N) is 2. The second kappa shape index (κ2) is 5.73. The van der Waals surface area contributed by atoms with Gasteiger partial charge in [-0.15, -0.1) is 0 Å². The molecule has 0 radical (unpaired) electrons.